The molecule has 0 aliphatic carbocycles. The number of hydrogen-bond acceptors (Lipinski definition) is 4. The highest BCUT2D eigenvalue weighted by Crippen LogP contribution is 2.21. The molecular formula is C17H20N2O4S. The van der Waals surface area contributed by atoms with Crippen LogP contribution in [-0.4, -0.2) is 38.5 Å². The average Bonchev–Trinajstić information content (AvgIpc) is 2.83. The number of aliphatic carboxylic acids is 1. The number of hydrogen-bond donors (Lipinski definition) is 2. The summed E-state index contributed by atoms with van der Waals surface area (Å²) in [7, 11) is 1.90. The average molecular weight is 348 g/mol. The number of aryl methyl sites for hydroxylation is 1. The van der Waals surface area contributed by atoms with E-state index in [9.17, 15) is 19.5 Å². The lowest BCUT2D eigenvalue weighted by Crippen LogP contribution is -2.42. The number of carbonyl (C=O) groups excluding carboxylic acids is 2. The van der Waals surface area contributed by atoms with Gasteiger partial charge in [0.05, 0.1) is 0 Å². The normalized spacial score (nSPS) is 12.1. The van der Waals surface area contributed by atoms with Gasteiger partial charge in [-0.3, -0.25) is 9.59 Å². The molecule has 0 aliphatic rings. The standard InChI is InChI=1S/C17H20N2O4S/c1-11(20)24-8-7-16(21)18-14(17(22)23)9-12-10-19(2)15-6-4-3-5-13(12)15/h3-6,10,14H,7-9H2,1-2H3,(H,18,21)(H,22,23). The van der Waals surface area contributed by atoms with Crippen LogP contribution >= 0.6 is 11.8 Å². The zero-order valence-corrected chi connectivity index (χ0v) is 14.4. The number of nitrogens with one attached hydrogen (secondary N) is 1. The molecule has 6 nitrogen and oxygen atoms in total. The molecule has 128 valence electrons. The van der Waals surface area contributed by atoms with Gasteiger partial charge in [-0.15, -0.1) is 0 Å². The Kier molecular flexibility index (Phi) is 6.03. The summed E-state index contributed by atoms with van der Waals surface area (Å²) in [5.41, 5.74) is 1.89. The number of nitrogens with zero attached hydrogens (tertiary/aromatic N) is 1. The molecule has 0 saturated heterocycles. The number of carboxylic acids is 1. The lowest BCUT2D eigenvalue weighted by atomic mass is 10.0. The molecule has 0 bridgehead atoms. The second-order valence-electron chi connectivity index (χ2n) is 5.53. The van der Waals surface area contributed by atoms with Crippen molar-refractivity contribution in [3.05, 3.63) is 36.0 Å². The predicted molar refractivity (Wildman–Crippen MR) is 93.9 cm³/mol. The number of amides is 1. The molecule has 0 fully saturated rings. The molecule has 2 aromatic rings. The van der Waals surface area contributed by atoms with Crippen LogP contribution in [-0.2, 0) is 27.9 Å². The minimum atomic E-state index is -1.07. The van der Waals surface area contributed by atoms with Gasteiger partial charge in [-0.2, -0.15) is 0 Å². The van der Waals surface area contributed by atoms with Crippen LogP contribution in [0.5, 0.6) is 0 Å². The fraction of sp³-hybridized carbons (Fsp3) is 0.353. The molecule has 1 amide bonds. The third-order valence-corrected chi connectivity index (χ3v) is 4.49. The Bertz CT molecular complexity index is 769. The lowest BCUT2D eigenvalue weighted by molar-refractivity contribution is -0.141. The van der Waals surface area contributed by atoms with Crippen LogP contribution < -0.4 is 5.32 Å². The van der Waals surface area contributed by atoms with Crippen LogP contribution in [0.15, 0.2) is 30.5 Å². The van der Waals surface area contributed by atoms with Gasteiger partial charge in [0.25, 0.3) is 0 Å². The molecule has 2 N–H and O–H groups in total. The molecule has 1 atom stereocenters. The summed E-state index contributed by atoms with van der Waals surface area (Å²) in [5.74, 6) is -1.09. The molecule has 0 aliphatic heterocycles. The van der Waals surface area contributed by atoms with E-state index in [1.54, 1.807) is 0 Å². The van der Waals surface area contributed by atoms with E-state index in [1.807, 2.05) is 42.1 Å². The Balaban J connectivity index is 2.06. The Morgan fingerprint density at radius 1 is 1.29 bits per heavy atom. The van der Waals surface area contributed by atoms with Gasteiger partial charge in [0, 0.05) is 49.7 Å². The van der Waals surface area contributed by atoms with Crippen LogP contribution in [0, 0.1) is 0 Å². The molecule has 0 saturated carbocycles. The van der Waals surface area contributed by atoms with Crippen LogP contribution in [0.3, 0.4) is 0 Å². The second-order valence-corrected chi connectivity index (χ2v) is 6.81. The molecule has 0 radical (unpaired) electrons. The van der Waals surface area contributed by atoms with Crippen LogP contribution in [0.1, 0.15) is 18.9 Å². The summed E-state index contributed by atoms with van der Waals surface area (Å²) in [6.07, 6.45) is 2.21. The predicted octanol–water partition coefficient (Wildman–Crippen LogP) is 1.96. The summed E-state index contributed by atoms with van der Waals surface area (Å²) in [4.78, 5) is 34.2. The van der Waals surface area contributed by atoms with E-state index in [-0.39, 0.29) is 23.9 Å². The van der Waals surface area contributed by atoms with Crippen LogP contribution in [0.2, 0.25) is 0 Å². The first-order valence-corrected chi connectivity index (χ1v) is 8.55. The highest BCUT2D eigenvalue weighted by molar-refractivity contribution is 8.13. The molecule has 2 rings (SSSR count). The summed E-state index contributed by atoms with van der Waals surface area (Å²) < 4.78 is 1.94. The van der Waals surface area contributed by atoms with Crippen molar-refractivity contribution in [2.45, 2.75) is 25.8 Å². The van der Waals surface area contributed by atoms with Crippen molar-refractivity contribution in [1.29, 1.82) is 0 Å². The first kappa shape index (κ1) is 18.1. The van der Waals surface area contributed by atoms with Crippen molar-refractivity contribution in [3.63, 3.8) is 0 Å². The van der Waals surface area contributed by atoms with Gasteiger partial charge in [0.2, 0.25) is 5.91 Å². The molecule has 1 aromatic heterocycles. The Labute approximate surface area is 144 Å². The van der Waals surface area contributed by atoms with Crippen molar-refractivity contribution in [3.8, 4) is 0 Å². The summed E-state index contributed by atoms with van der Waals surface area (Å²) >= 11 is 1.05. The van der Waals surface area contributed by atoms with E-state index in [4.69, 9.17) is 0 Å². The number of carboxylic acid groups (broad SMARTS) is 1. The van der Waals surface area contributed by atoms with E-state index in [0.717, 1.165) is 28.2 Å². The first-order valence-electron chi connectivity index (χ1n) is 7.57. The number of fused-ring (bicyclic) bond motifs is 1. The third kappa shape index (κ3) is 4.61. The largest absolute Gasteiger partial charge is 0.480 e. The van der Waals surface area contributed by atoms with Crippen LogP contribution in [0.25, 0.3) is 10.9 Å². The lowest BCUT2D eigenvalue weighted by Gasteiger charge is -2.14. The van der Waals surface area contributed by atoms with Gasteiger partial charge in [-0.25, -0.2) is 4.79 Å². The molecule has 1 heterocycles. The minimum absolute atomic E-state index is 0.0617. The van der Waals surface area contributed by atoms with Crippen molar-refractivity contribution in [2.75, 3.05) is 5.75 Å². The number of para-hydroxylation sites is 1. The van der Waals surface area contributed by atoms with Gasteiger partial charge >= 0.3 is 5.97 Å². The molecule has 0 spiro atoms. The second kappa shape index (κ2) is 8.01. The van der Waals surface area contributed by atoms with Crippen molar-refractivity contribution < 1.29 is 19.5 Å². The topological polar surface area (TPSA) is 88.4 Å². The maximum Gasteiger partial charge on any atom is 0.326 e. The highest BCUT2D eigenvalue weighted by atomic mass is 32.2. The molecular weight excluding hydrogens is 328 g/mol. The number of carbonyl (C=O) groups is 3. The summed E-state index contributed by atoms with van der Waals surface area (Å²) in [6.45, 7) is 1.43. The Morgan fingerprint density at radius 3 is 2.67 bits per heavy atom. The molecule has 1 unspecified atom stereocenters. The maximum absolute atomic E-state index is 11.9. The Hall–Kier alpha value is -2.28. The van der Waals surface area contributed by atoms with E-state index in [2.05, 4.69) is 5.32 Å². The fourth-order valence-corrected chi connectivity index (χ4v) is 3.14. The van der Waals surface area contributed by atoms with Crippen molar-refractivity contribution in [1.82, 2.24) is 9.88 Å². The zero-order chi connectivity index (χ0) is 17.7. The van der Waals surface area contributed by atoms with E-state index < -0.39 is 12.0 Å². The van der Waals surface area contributed by atoms with E-state index >= 15 is 0 Å². The van der Waals surface area contributed by atoms with Crippen molar-refractivity contribution >= 4 is 39.7 Å². The SMILES string of the molecule is CC(=O)SCCC(=O)NC(Cc1cn(C)c2ccccc12)C(=O)O. The van der Waals surface area contributed by atoms with Gasteiger partial charge in [0.15, 0.2) is 5.12 Å². The summed E-state index contributed by atoms with van der Waals surface area (Å²) in [5, 5.41) is 12.9. The van der Waals surface area contributed by atoms with Gasteiger partial charge in [-0.05, 0) is 11.6 Å². The van der Waals surface area contributed by atoms with Gasteiger partial charge in [-0.1, -0.05) is 30.0 Å². The monoisotopic (exact) mass is 348 g/mol. The van der Waals surface area contributed by atoms with Crippen LogP contribution in [0.4, 0.5) is 0 Å². The fourth-order valence-electron chi connectivity index (χ4n) is 2.56. The third-order valence-electron chi connectivity index (χ3n) is 3.67. The minimum Gasteiger partial charge on any atom is -0.480 e. The van der Waals surface area contributed by atoms with Gasteiger partial charge < -0.3 is 15.0 Å². The number of rotatable bonds is 7. The molecule has 1 aromatic carbocycles. The maximum atomic E-state index is 11.9. The quantitative estimate of drug-likeness (QED) is 0.798. The van der Waals surface area contributed by atoms with Gasteiger partial charge in [0.1, 0.15) is 6.04 Å². The highest BCUT2D eigenvalue weighted by Gasteiger charge is 2.22. The summed E-state index contributed by atoms with van der Waals surface area (Å²) in [6, 6.07) is 6.74. The number of aromatic nitrogens is 1. The van der Waals surface area contributed by atoms with E-state index in [0.29, 0.717) is 5.75 Å². The van der Waals surface area contributed by atoms with Crippen molar-refractivity contribution in [2.24, 2.45) is 7.05 Å². The number of thioether (sulfide) groups is 1. The zero-order valence-electron chi connectivity index (χ0n) is 13.6. The Morgan fingerprint density at radius 2 is 2.00 bits per heavy atom. The van der Waals surface area contributed by atoms with E-state index in [1.165, 1.54) is 6.92 Å². The smallest absolute Gasteiger partial charge is 0.326 e. The first-order chi connectivity index (χ1) is 11.4. The molecule has 7 heteroatoms. The number of benzene rings is 1. The molecule has 24 heavy (non-hydrogen) atoms.